The number of urea groups is 1. The summed E-state index contributed by atoms with van der Waals surface area (Å²) in [7, 11) is 1.64. The lowest BCUT2D eigenvalue weighted by molar-refractivity contribution is -0.119. The summed E-state index contributed by atoms with van der Waals surface area (Å²) in [6, 6.07) is 0.474. The maximum atomic E-state index is 12.1. The van der Waals surface area contributed by atoms with Crippen LogP contribution in [0.25, 0.3) is 0 Å². The monoisotopic (exact) mass is 520 g/mol. The van der Waals surface area contributed by atoms with E-state index in [9.17, 15) is 9.59 Å². The van der Waals surface area contributed by atoms with Gasteiger partial charge in [0, 0.05) is 37.6 Å². The van der Waals surface area contributed by atoms with E-state index in [2.05, 4.69) is 10.6 Å². The van der Waals surface area contributed by atoms with Crippen LogP contribution in [0.2, 0.25) is 0 Å². The fourth-order valence-corrected chi connectivity index (χ4v) is 5.47. The fraction of sp³-hybridized carbons (Fsp3) is 0.917. The molecule has 11 heteroatoms. The van der Waals surface area contributed by atoms with E-state index in [1.54, 1.807) is 7.11 Å². The molecule has 35 heavy (non-hydrogen) atoms. The van der Waals surface area contributed by atoms with E-state index in [-0.39, 0.29) is 18.1 Å². The molecule has 0 aromatic heterocycles. The number of nitrogens with one attached hydrogen (secondary N) is 2. The number of carbonyl (C=O) groups is 2. The van der Waals surface area contributed by atoms with Crippen molar-refractivity contribution in [2.75, 3.05) is 85.5 Å². The minimum absolute atomic E-state index is 0.0445. The molecule has 2 fully saturated rings. The summed E-state index contributed by atoms with van der Waals surface area (Å²) in [5.41, 5.74) is 0. The van der Waals surface area contributed by atoms with Gasteiger partial charge in [-0.25, -0.2) is 4.79 Å². The van der Waals surface area contributed by atoms with Crippen LogP contribution in [-0.4, -0.2) is 115 Å². The van der Waals surface area contributed by atoms with Crippen molar-refractivity contribution in [3.8, 4) is 0 Å². The molecular weight excluding hydrogens is 476 g/mol. The summed E-state index contributed by atoms with van der Waals surface area (Å²) < 4.78 is 32.0. The van der Waals surface area contributed by atoms with Gasteiger partial charge < -0.3 is 39.1 Å². The van der Waals surface area contributed by atoms with E-state index >= 15 is 0 Å². The minimum atomic E-state index is -0.0445. The number of amides is 2. The zero-order valence-corrected chi connectivity index (χ0v) is 22.0. The van der Waals surface area contributed by atoms with E-state index in [4.69, 9.17) is 28.4 Å². The second-order valence-corrected chi connectivity index (χ2v) is 9.84. The Morgan fingerprint density at radius 1 is 0.771 bits per heavy atom. The first kappa shape index (κ1) is 30.3. The highest BCUT2D eigenvalue weighted by atomic mass is 32.2. The number of ether oxygens (including phenoxy) is 6. The Balaban J connectivity index is 1.25. The highest BCUT2D eigenvalue weighted by molar-refractivity contribution is 8.00. The third kappa shape index (κ3) is 14.4. The molecule has 0 bridgehead atoms. The Bertz CT molecular complexity index is 572. The highest BCUT2D eigenvalue weighted by Crippen LogP contribution is 2.33. The van der Waals surface area contributed by atoms with Crippen molar-refractivity contribution in [2.24, 2.45) is 0 Å². The molecule has 0 spiro atoms. The standard InChI is InChI=1S/C24H44N2O8S/c1-29-9-10-31-13-14-33-17-18-34-16-15-32-12-11-30-8-4-6-20(27)5-2-3-7-22-23-21(19-35-22)25-24(28)26-23/h21-23H,2-19H2,1H3,(H2,25,26,28). The molecule has 2 aliphatic rings. The van der Waals surface area contributed by atoms with Gasteiger partial charge in [0.25, 0.3) is 0 Å². The summed E-state index contributed by atoms with van der Waals surface area (Å²) in [4.78, 5) is 23.5. The Morgan fingerprint density at radius 3 is 1.91 bits per heavy atom. The summed E-state index contributed by atoms with van der Waals surface area (Å²) >= 11 is 1.92. The van der Waals surface area contributed by atoms with Crippen molar-refractivity contribution in [1.29, 1.82) is 0 Å². The second-order valence-electron chi connectivity index (χ2n) is 8.56. The molecule has 0 aliphatic carbocycles. The number of thioether (sulfide) groups is 1. The average molecular weight is 521 g/mol. The van der Waals surface area contributed by atoms with Crippen LogP contribution < -0.4 is 10.6 Å². The Kier molecular flexibility index (Phi) is 17.4. The van der Waals surface area contributed by atoms with Gasteiger partial charge in [-0.2, -0.15) is 11.8 Å². The van der Waals surface area contributed by atoms with Gasteiger partial charge in [0.15, 0.2) is 0 Å². The van der Waals surface area contributed by atoms with Crippen LogP contribution in [0, 0.1) is 0 Å². The van der Waals surface area contributed by atoms with Crippen LogP contribution in [0.1, 0.15) is 38.5 Å². The number of rotatable bonds is 24. The molecule has 10 nitrogen and oxygen atoms in total. The van der Waals surface area contributed by atoms with Gasteiger partial charge in [-0.15, -0.1) is 0 Å². The van der Waals surface area contributed by atoms with E-state index in [1.807, 2.05) is 11.8 Å². The number of ketones is 1. The van der Waals surface area contributed by atoms with E-state index in [1.165, 1.54) is 0 Å². The van der Waals surface area contributed by atoms with Gasteiger partial charge >= 0.3 is 6.03 Å². The van der Waals surface area contributed by atoms with Crippen LogP contribution in [0.3, 0.4) is 0 Å². The predicted octanol–water partition coefficient (Wildman–Crippen LogP) is 1.79. The molecule has 0 radical (unpaired) electrons. The Hall–Kier alpha value is -0.950. The van der Waals surface area contributed by atoms with Gasteiger partial charge in [-0.05, 0) is 19.3 Å². The smallest absolute Gasteiger partial charge is 0.315 e. The molecule has 204 valence electrons. The highest BCUT2D eigenvalue weighted by Gasteiger charge is 2.42. The van der Waals surface area contributed by atoms with Crippen molar-refractivity contribution in [1.82, 2.24) is 10.6 Å². The zero-order chi connectivity index (χ0) is 25.0. The zero-order valence-electron chi connectivity index (χ0n) is 21.1. The van der Waals surface area contributed by atoms with Crippen LogP contribution in [0.5, 0.6) is 0 Å². The van der Waals surface area contributed by atoms with Gasteiger partial charge in [0.05, 0.1) is 78.2 Å². The van der Waals surface area contributed by atoms with Gasteiger partial charge in [-0.1, -0.05) is 6.42 Å². The SMILES string of the molecule is COCCOCCOCCOCCOCCOCCCC(=O)CCCCC1SCC2NC(=O)NC21. The lowest BCUT2D eigenvalue weighted by atomic mass is 10.0. The van der Waals surface area contributed by atoms with Crippen LogP contribution >= 0.6 is 11.8 Å². The Morgan fingerprint density at radius 2 is 1.31 bits per heavy atom. The molecule has 2 saturated heterocycles. The van der Waals surface area contributed by atoms with E-state index < -0.39 is 0 Å². The minimum Gasteiger partial charge on any atom is -0.382 e. The number of carbonyl (C=O) groups excluding carboxylic acids is 2. The first-order valence-electron chi connectivity index (χ1n) is 12.8. The maximum Gasteiger partial charge on any atom is 0.315 e. The molecule has 0 saturated carbocycles. The summed E-state index contributed by atoms with van der Waals surface area (Å²) in [5, 5.41) is 6.44. The lowest BCUT2D eigenvalue weighted by Crippen LogP contribution is -2.36. The topological polar surface area (TPSA) is 114 Å². The molecular formula is C24H44N2O8S. The van der Waals surface area contributed by atoms with Crippen molar-refractivity contribution in [2.45, 2.75) is 55.9 Å². The van der Waals surface area contributed by atoms with Crippen molar-refractivity contribution < 1.29 is 38.0 Å². The van der Waals surface area contributed by atoms with E-state index in [0.717, 1.165) is 31.4 Å². The quantitative estimate of drug-likeness (QED) is 0.145. The predicted molar refractivity (Wildman–Crippen MR) is 134 cm³/mol. The fourth-order valence-electron chi connectivity index (χ4n) is 3.93. The third-order valence-electron chi connectivity index (χ3n) is 5.80. The van der Waals surface area contributed by atoms with Crippen molar-refractivity contribution in [3.63, 3.8) is 0 Å². The number of unbranched alkanes of at least 4 members (excludes halogenated alkanes) is 1. The second kappa shape index (κ2) is 20.1. The molecule has 3 atom stereocenters. The Labute approximate surface area is 213 Å². The first-order chi connectivity index (χ1) is 17.2. The number of hydrogen-bond acceptors (Lipinski definition) is 9. The molecule has 0 aromatic carbocycles. The van der Waals surface area contributed by atoms with Crippen LogP contribution in [-0.2, 0) is 33.2 Å². The van der Waals surface area contributed by atoms with E-state index in [0.29, 0.717) is 96.6 Å². The van der Waals surface area contributed by atoms with Gasteiger partial charge in [-0.3, -0.25) is 4.79 Å². The third-order valence-corrected chi connectivity index (χ3v) is 7.31. The molecule has 2 aliphatic heterocycles. The summed E-state index contributed by atoms with van der Waals surface area (Å²) in [6.45, 7) is 6.00. The summed E-state index contributed by atoms with van der Waals surface area (Å²) in [5.74, 6) is 1.28. The number of fused-ring (bicyclic) bond motifs is 1. The normalized spacial score (nSPS) is 21.2. The van der Waals surface area contributed by atoms with Crippen molar-refractivity contribution in [3.05, 3.63) is 0 Å². The summed E-state index contributed by atoms with van der Waals surface area (Å²) in [6.07, 6.45) is 4.94. The molecule has 3 unspecified atom stereocenters. The first-order valence-corrected chi connectivity index (χ1v) is 13.8. The maximum absolute atomic E-state index is 12.1. The molecule has 2 N–H and O–H groups in total. The van der Waals surface area contributed by atoms with Gasteiger partial charge in [0.1, 0.15) is 5.78 Å². The van der Waals surface area contributed by atoms with Gasteiger partial charge in [0.2, 0.25) is 0 Å². The average Bonchev–Trinajstić information content (AvgIpc) is 3.40. The molecule has 2 amide bonds. The van der Waals surface area contributed by atoms with Crippen LogP contribution in [0.4, 0.5) is 4.79 Å². The largest absolute Gasteiger partial charge is 0.382 e. The van der Waals surface area contributed by atoms with Crippen LogP contribution in [0.15, 0.2) is 0 Å². The lowest BCUT2D eigenvalue weighted by Gasteiger charge is -2.16. The molecule has 2 rings (SSSR count). The number of hydrogen-bond donors (Lipinski definition) is 2. The molecule has 2 heterocycles. The molecule has 0 aromatic rings. The van der Waals surface area contributed by atoms with Crippen molar-refractivity contribution >= 4 is 23.6 Å². The number of methoxy groups -OCH3 is 1. The number of Topliss-reactive ketones (excluding diaryl/α,β-unsaturated/α-hetero) is 1.